The van der Waals surface area contributed by atoms with Crippen molar-refractivity contribution in [2.45, 2.75) is 6.54 Å². The summed E-state index contributed by atoms with van der Waals surface area (Å²) in [6, 6.07) is 10.3. The maximum Gasteiger partial charge on any atom is 0.129 e. The van der Waals surface area contributed by atoms with Crippen LogP contribution in [0.5, 0.6) is 5.75 Å². The Morgan fingerprint density at radius 3 is 2.71 bits per heavy atom. The largest absolute Gasteiger partial charge is 0.496 e. The number of nitrogens with zero attached hydrogens (tertiary/aromatic N) is 4. The van der Waals surface area contributed by atoms with Crippen LogP contribution < -0.4 is 9.64 Å². The first kappa shape index (κ1) is 16.2. The normalized spacial score (nSPS) is 15.1. The van der Waals surface area contributed by atoms with Crippen LogP contribution in [0.4, 0.5) is 10.2 Å². The van der Waals surface area contributed by atoms with E-state index in [0.717, 1.165) is 37.6 Å². The Hall–Kier alpha value is -2.65. The summed E-state index contributed by atoms with van der Waals surface area (Å²) in [6.07, 6.45) is 1.66. The summed E-state index contributed by atoms with van der Waals surface area (Å²) in [6.45, 7) is 3.98. The minimum Gasteiger partial charge on any atom is -0.496 e. The van der Waals surface area contributed by atoms with Crippen molar-refractivity contribution in [3.05, 3.63) is 53.5 Å². The molecule has 3 rings (SSSR count). The van der Waals surface area contributed by atoms with Gasteiger partial charge in [-0.15, -0.1) is 0 Å². The van der Waals surface area contributed by atoms with Crippen molar-refractivity contribution in [1.29, 1.82) is 5.26 Å². The topological polar surface area (TPSA) is 52.4 Å². The highest BCUT2D eigenvalue weighted by Crippen LogP contribution is 2.22. The molecule has 0 saturated carbocycles. The summed E-state index contributed by atoms with van der Waals surface area (Å²) < 4.78 is 18.8. The molecule has 0 atom stereocenters. The number of hydrogen-bond acceptors (Lipinski definition) is 5. The zero-order valence-electron chi connectivity index (χ0n) is 13.6. The first-order valence-corrected chi connectivity index (χ1v) is 7.85. The van der Waals surface area contributed by atoms with Gasteiger partial charge in [0.25, 0.3) is 0 Å². The fraction of sp³-hybridized carbons (Fsp3) is 0.333. The number of pyridine rings is 1. The third-order valence-corrected chi connectivity index (χ3v) is 4.21. The van der Waals surface area contributed by atoms with Gasteiger partial charge in [-0.1, -0.05) is 0 Å². The van der Waals surface area contributed by atoms with Crippen LogP contribution in [0.25, 0.3) is 0 Å². The number of ether oxygens (including phenoxy) is 1. The summed E-state index contributed by atoms with van der Waals surface area (Å²) in [4.78, 5) is 8.78. The zero-order chi connectivity index (χ0) is 16.9. The molecule has 2 heterocycles. The van der Waals surface area contributed by atoms with Gasteiger partial charge in [0, 0.05) is 44.5 Å². The minimum atomic E-state index is -0.248. The van der Waals surface area contributed by atoms with Gasteiger partial charge in [-0.2, -0.15) is 5.26 Å². The number of hydrogen-bond donors (Lipinski definition) is 0. The summed E-state index contributed by atoms with van der Waals surface area (Å²) in [7, 11) is 1.60. The Balaban J connectivity index is 1.63. The molecule has 5 nitrogen and oxygen atoms in total. The van der Waals surface area contributed by atoms with Crippen LogP contribution in [0, 0.1) is 17.1 Å². The SMILES string of the molecule is COc1ccc(F)cc1CN1CCN(c2cc(C#N)ccn2)CC1. The highest BCUT2D eigenvalue weighted by Gasteiger charge is 2.19. The van der Waals surface area contributed by atoms with Crippen LogP contribution in [-0.4, -0.2) is 43.2 Å². The Labute approximate surface area is 140 Å². The molecule has 0 spiro atoms. The van der Waals surface area contributed by atoms with Gasteiger partial charge in [0.2, 0.25) is 0 Å². The van der Waals surface area contributed by atoms with Gasteiger partial charge >= 0.3 is 0 Å². The van der Waals surface area contributed by atoms with Crippen LogP contribution in [0.1, 0.15) is 11.1 Å². The number of piperazine rings is 1. The molecule has 0 radical (unpaired) electrons. The smallest absolute Gasteiger partial charge is 0.129 e. The third-order valence-electron chi connectivity index (χ3n) is 4.21. The van der Waals surface area contributed by atoms with Crippen molar-refractivity contribution in [1.82, 2.24) is 9.88 Å². The van der Waals surface area contributed by atoms with Crippen LogP contribution in [0.3, 0.4) is 0 Å². The molecule has 1 aromatic carbocycles. The zero-order valence-corrected chi connectivity index (χ0v) is 13.6. The van der Waals surface area contributed by atoms with Crippen molar-refractivity contribution >= 4 is 5.82 Å². The van der Waals surface area contributed by atoms with E-state index < -0.39 is 0 Å². The number of nitriles is 1. The van der Waals surface area contributed by atoms with Crippen molar-refractivity contribution in [3.63, 3.8) is 0 Å². The molecule has 2 aromatic rings. The maximum atomic E-state index is 13.5. The van der Waals surface area contributed by atoms with Gasteiger partial charge in [-0.25, -0.2) is 9.37 Å². The van der Waals surface area contributed by atoms with Gasteiger partial charge in [-0.05, 0) is 30.3 Å². The van der Waals surface area contributed by atoms with Gasteiger partial charge < -0.3 is 9.64 Å². The van der Waals surface area contributed by atoms with Crippen molar-refractivity contribution in [2.75, 3.05) is 38.2 Å². The Kier molecular flexibility index (Phi) is 4.92. The monoisotopic (exact) mass is 326 g/mol. The molecule has 1 aromatic heterocycles. The van der Waals surface area contributed by atoms with Crippen LogP contribution in [0.2, 0.25) is 0 Å². The van der Waals surface area contributed by atoms with E-state index in [2.05, 4.69) is 20.9 Å². The lowest BCUT2D eigenvalue weighted by Crippen LogP contribution is -2.46. The van der Waals surface area contributed by atoms with Crippen LogP contribution in [0.15, 0.2) is 36.5 Å². The number of benzene rings is 1. The maximum absolute atomic E-state index is 13.5. The Morgan fingerprint density at radius 2 is 2.00 bits per heavy atom. The predicted molar refractivity (Wildman–Crippen MR) is 89.4 cm³/mol. The lowest BCUT2D eigenvalue weighted by atomic mass is 10.1. The number of halogens is 1. The minimum absolute atomic E-state index is 0.248. The summed E-state index contributed by atoms with van der Waals surface area (Å²) >= 11 is 0. The van der Waals surface area contributed by atoms with E-state index in [-0.39, 0.29) is 5.82 Å². The van der Waals surface area contributed by atoms with Gasteiger partial charge in [-0.3, -0.25) is 4.90 Å². The van der Waals surface area contributed by atoms with E-state index in [1.54, 1.807) is 25.4 Å². The molecule has 1 aliphatic rings. The van der Waals surface area contributed by atoms with Crippen LogP contribution >= 0.6 is 0 Å². The molecular formula is C18H19FN4O. The third kappa shape index (κ3) is 3.63. The number of methoxy groups -OCH3 is 1. The second-order valence-electron chi connectivity index (χ2n) is 5.73. The van der Waals surface area contributed by atoms with E-state index in [0.29, 0.717) is 17.9 Å². The second kappa shape index (κ2) is 7.28. The van der Waals surface area contributed by atoms with E-state index in [9.17, 15) is 4.39 Å². The highest BCUT2D eigenvalue weighted by molar-refractivity contribution is 5.45. The fourth-order valence-corrected chi connectivity index (χ4v) is 2.91. The van der Waals surface area contributed by atoms with Gasteiger partial charge in [0.1, 0.15) is 17.4 Å². The predicted octanol–water partition coefficient (Wildman–Crippen LogP) is 2.42. The summed E-state index contributed by atoms with van der Waals surface area (Å²) in [5, 5.41) is 8.99. The van der Waals surface area contributed by atoms with Crippen molar-refractivity contribution in [2.24, 2.45) is 0 Å². The molecule has 24 heavy (non-hydrogen) atoms. The molecule has 0 bridgehead atoms. The van der Waals surface area contributed by atoms with Crippen LogP contribution in [-0.2, 0) is 6.54 Å². The van der Waals surface area contributed by atoms with Crippen molar-refractivity contribution < 1.29 is 9.13 Å². The Bertz CT molecular complexity index is 751. The lowest BCUT2D eigenvalue weighted by molar-refractivity contribution is 0.245. The van der Waals surface area contributed by atoms with Gasteiger partial charge in [0.05, 0.1) is 18.7 Å². The molecular weight excluding hydrogens is 307 g/mol. The molecule has 6 heteroatoms. The standard InChI is InChI=1S/C18H19FN4O/c1-24-17-3-2-16(19)11-15(17)13-22-6-8-23(9-7-22)18-10-14(12-20)4-5-21-18/h2-5,10-11H,6-9,13H2,1H3. The molecule has 0 unspecified atom stereocenters. The van der Waals surface area contributed by atoms with E-state index in [4.69, 9.17) is 10.00 Å². The average molecular weight is 326 g/mol. The fourth-order valence-electron chi connectivity index (χ4n) is 2.91. The number of anilines is 1. The first-order chi connectivity index (χ1) is 11.7. The summed E-state index contributed by atoms with van der Waals surface area (Å²) in [5.74, 6) is 1.29. The molecule has 124 valence electrons. The van der Waals surface area contributed by atoms with Gasteiger partial charge in [0.15, 0.2) is 0 Å². The molecule has 1 fully saturated rings. The second-order valence-corrected chi connectivity index (χ2v) is 5.73. The van der Waals surface area contributed by atoms with E-state index >= 15 is 0 Å². The molecule has 0 N–H and O–H groups in total. The van der Waals surface area contributed by atoms with E-state index in [1.165, 1.54) is 12.1 Å². The number of rotatable bonds is 4. The van der Waals surface area contributed by atoms with Crippen molar-refractivity contribution in [3.8, 4) is 11.8 Å². The molecule has 1 saturated heterocycles. The lowest BCUT2D eigenvalue weighted by Gasteiger charge is -2.35. The highest BCUT2D eigenvalue weighted by atomic mass is 19.1. The molecule has 0 aliphatic carbocycles. The quantitative estimate of drug-likeness (QED) is 0.864. The van der Waals surface area contributed by atoms with E-state index in [1.807, 2.05) is 6.07 Å². The average Bonchev–Trinajstić information content (AvgIpc) is 2.62. The molecule has 0 amide bonds. The molecule has 1 aliphatic heterocycles. The Morgan fingerprint density at radius 1 is 1.21 bits per heavy atom. The number of aromatic nitrogens is 1. The summed E-state index contributed by atoms with van der Waals surface area (Å²) in [5.41, 5.74) is 1.47. The first-order valence-electron chi connectivity index (χ1n) is 7.85.